The molecule has 0 aromatic carbocycles. The lowest BCUT2D eigenvalue weighted by Crippen LogP contribution is -1.98. The Labute approximate surface area is 84.2 Å². The van der Waals surface area contributed by atoms with Crippen LogP contribution in [0.25, 0.3) is 0 Å². The van der Waals surface area contributed by atoms with E-state index in [1.807, 2.05) is 0 Å². The van der Waals surface area contributed by atoms with Crippen molar-refractivity contribution >= 4 is 28.6 Å². The molecule has 0 fully saturated rings. The van der Waals surface area contributed by atoms with Crippen LogP contribution in [0.5, 0.6) is 0 Å². The van der Waals surface area contributed by atoms with Crippen LogP contribution in [0.2, 0.25) is 0 Å². The van der Waals surface area contributed by atoms with Crippen LogP contribution in [-0.2, 0) is 0 Å². The molecule has 0 aromatic heterocycles. The van der Waals surface area contributed by atoms with Crippen LogP contribution >= 0.6 is 22.9 Å². The van der Waals surface area contributed by atoms with E-state index in [1.165, 1.54) is 31.4 Å². The van der Waals surface area contributed by atoms with Gasteiger partial charge in [0, 0.05) is 5.71 Å². The Morgan fingerprint density at radius 2 is 2.09 bits per heavy atom. The molecular weight excluding hydrogens is 249 g/mol. The molecule has 66 valence electrons. The molecule has 0 saturated carbocycles. The normalized spacial score (nSPS) is 15.1. The molecule has 0 aromatic rings. The predicted molar refractivity (Wildman–Crippen MR) is 60.4 cm³/mol. The second-order valence-corrected chi connectivity index (χ2v) is 3.73. The summed E-state index contributed by atoms with van der Waals surface area (Å²) in [6.45, 7) is 6.67. The number of nitrogens with zero attached hydrogens (tertiary/aromatic N) is 1. The maximum absolute atomic E-state index is 4.11. The zero-order chi connectivity index (χ0) is 8.69. The molecule has 0 amide bonds. The van der Waals surface area contributed by atoms with Crippen molar-refractivity contribution in [3.8, 4) is 0 Å². The van der Waals surface area contributed by atoms with E-state index in [2.05, 4.69) is 46.8 Å². The van der Waals surface area contributed by atoms with Gasteiger partial charge in [-0.15, -0.1) is 0 Å². The largest absolute Gasteiger partial charge is 0.224 e. The molecule has 11 heavy (non-hydrogen) atoms. The van der Waals surface area contributed by atoms with E-state index in [1.54, 1.807) is 0 Å². The predicted octanol–water partition coefficient (Wildman–Crippen LogP) is 4.01. The number of halogens is 1. The van der Waals surface area contributed by atoms with Gasteiger partial charge in [0.1, 0.15) is 0 Å². The average Bonchev–Trinajstić information content (AvgIpc) is 2.01. The third kappa shape index (κ3) is 6.78. The molecule has 0 bridgehead atoms. The second kappa shape index (κ2) is 7.07. The van der Waals surface area contributed by atoms with Gasteiger partial charge >= 0.3 is 0 Å². The molecule has 0 aliphatic rings. The van der Waals surface area contributed by atoms with Crippen LogP contribution in [0.15, 0.2) is 3.21 Å². The maximum Gasteiger partial charge on any atom is 0.0830 e. The van der Waals surface area contributed by atoms with Crippen LogP contribution in [0.3, 0.4) is 0 Å². The van der Waals surface area contributed by atoms with Gasteiger partial charge in [-0.25, -0.2) is 3.21 Å². The van der Waals surface area contributed by atoms with E-state index in [0.29, 0.717) is 0 Å². The first-order valence-electron chi connectivity index (χ1n) is 4.35. The van der Waals surface area contributed by atoms with Crippen molar-refractivity contribution in [1.82, 2.24) is 0 Å². The van der Waals surface area contributed by atoms with E-state index in [4.69, 9.17) is 0 Å². The van der Waals surface area contributed by atoms with E-state index < -0.39 is 0 Å². The van der Waals surface area contributed by atoms with Gasteiger partial charge in [-0.1, -0.05) is 26.7 Å². The van der Waals surface area contributed by atoms with Gasteiger partial charge in [-0.05, 0) is 25.7 Å². The standard InChI is InChI=1S/C9H18IN/c1-4-5-8(2)6-7-9(3)11-10/h8H,4-7H2,1-3H3. The van der Waals surface area contributed by atoms with E-state index >= 15 is 0 Å². The second-order valence-electron chi connectivity index (χ2n) is 3.25. The number of hydrogen-bond donors (Lipinski definition) is 0. The Kier molecular flexibility index (Phi) is 7.33. The van der Waals surface area contributed by atoms with Crippen molar-refractivity contribution in [3.05, 3.63) is 0 Å². The summed E-state index contributed by atoms with van der Waals surface area (Å²) in [6.07, 6.45) is 5.13. The third-order valence-corrected chi connectivity index (χ3v) is 2.75. The molecule has 0 aliphatic carbocycles. The monoisotopic (exact) mass is 267 g/mol. The SMILES string of the molecule is CCCC(C)CCC(C)=NI. The quantitative estimate of drug-likeness (QED) is 0.527. The average molecular weight is 267 g/mol. The zero-order valence-electron chi connectivity index (χ0n) is 7.73. The first-order chi connectivity index (χ1) is 5.20. The molecule has 0 spiro atoms. The van der Waals surface area contributed by atoms with Crippen molar-refractivity contribution < 1.29 is 0 Å². The molecule has 1 nitrogen and oxygen atoms in total. The summed E-state index contributed by atoms with van der Waals surface area (Å²) in [7, 11) is 0. The fourth-order valence-electron chi connectivity index (χ4n) is 1.13. The van der Waals surface area contributed by atoms with Crippen LogP contribution in [0.1, 0.15) is 46.5 Å². The molecule has 0 saturated heterocycles. The maximum atomic E-state index is 4.11. The van der Waals surface area contributed by atoms with Crippen LogP contribution in [0, 0.1) is 5.92 Å². The molecular formula is C9H18IN. The highest BCUT2D eigenvalue weighted by Crippen LogP contribution is 2.12. The molecule has 0 heterocycles. The fraction of sp³-hybridized carbons (Fsp3) is 0.889. The van der Waals surface area contributed by atoms with Crippen molar-refractivity contribution in [1.29, 1.82) is 0 Å². The summed E-state index contributed by atoms with van der Waals surface area (Å²) < 4.78 is 4.11. The van der Waals surface area contributed by atoms with Gasteiger partial charge in [0.2, 0.25) is 0 Å². The summed E-state index contributed by atoms with van der Waals surface area (Å²) in [5.41, 5.74) is 1.27. The van der Waals surface area contributed by atoms with Crippen LogP contribution in [-0.4, -0.2) is 5.71 Å². The van der Waals surface area contributed by atoms with E-state index in [-0.39, 0.29) is 0 Å². The van der Waals surface area contributed by atoms with Crippen LogP contribution < -0.4 is 0 Å². The number of hydrogen-bond acceptors (Lipinski definition) is 1. The summed E-state index contributed by atoms with van der Waals surface area (Å²) >= 11 is 2.07. The number of rotatable bonds is 5. The summed E-state index contributed by atoms with van der Waals surface area (Å²) in [5.74, 6) is 0.869. The van der Waals surface area contributed by atoms with Crippen molar-refractivity contribution in [2.45, 2.75) is 46.5 Å². The first-order valence-corrected chi connectivity index (χ1v) is 5.31. The van der Waals surface area contributed by atoms with E-state index in [9.17, 15) is 0 Å². The molecule has 2 heteroatoms. The van der Waals surface area contributed by atoms with Gasteiger partial charge in [-0.2, -0.15) is 0 Å². The molecule has 0 N–H and O–H groups in total. The molecule has 1 atom stereocenters. The Hall–Kier alpha value is 0.400. The van der Waals surface area contributed by atoms with E-state index in [0.717, 1.165) is 5.92 Å². The van der Waals surface area contributed by atoms with Gasteiger partial charge in [-0.3, -0.25) is 0 Å². The highest BCUT2D eigenvalue weighted by molar-refractivity contribution is 14.1. The van der Waals surface area contributed by atoms with Gasteiger partial charge in [0.25, 0.3) is 0 Å². The van der Waals surface area contributed by atoms with Gasteiger partial charge in [0.15, 0.2) is 0 Å². The van der Waals surface area contributed by atoms with Crippen molar-refractivity contribution in [2.24, 2.45) is 9.12 Å². The molecule has 1 unspecified atom stereocenters. The highest BCUT2D eigenvalue weighted by atomic mass is 127. The lowest BCUT2D eigenvalue weighted by Gasteiger charge is -2.08. The van der Waals surface area contributed by atoms with Crippen LogP contribution in [0.4, 0.5) is 0 Å². The Balaban J connectivity index is 3.37. The third-order valence-electron chi connectivity index (χ3n) is 1.92. The summed E-state index contributed by atoms with van der Waals surface area (Å²) in [6, 6.07) is 0. The minimum absolute atomic E-state index is 0.869. The lowest BCUT2D eigenvalue weighted by atomic mass is 9.99. The fourth-order valence-corrected chi connectivity index (χ4v) is 1.38. The zero-order valence-corrected chi connectivity index (χ0v) is 9.89. The van der Waals surface area contributed by atoms with Crippen molar-refractivity contribution in [3.63, 3.8) is 0 Å². The van der Waals surface area contributed by atoms with Crippen molar-refractivity contribution in [2.75, 3.05) is 0 Å². The molecule has 0 aliphatic heterocycles. The Morgan fingerprint density at radius 1 is 1.45 bits per heavy atom. The van der Waals surface area contributed by atoms with Gasteiger partial charge in [0.05, 0.1) is 22.9 Å². The van der Waals surface area contributed by atoms with Gasteiger partial charge < -0.3 is 0 Å². The Morgan fingerprint density at radius 3 is 2.55 bits per heavy atom. The first kappa shape index (κ1) is 11.4. The summed E-state index contributed by atoms with van der Waals surface area (Å²) in [5, 5.41) is 0. The summed E-state index contributed by atoms with van der Waals surface area (Å²) in [4.78, 5) is 0. The smallest absolute Gasteiger partial charge is 0.0830 e. The molecule has 0 radical (unpaired) electrons. The minimum atomic E-state index is 0.869. The Bertz CT molecular complexity index is 121. The highest BCUT2D eigenvalue weighted by Gasteiger charge is 2.00. The molecule has 0 rings (SSSR count). The topological polar surface area (TPSA) is 12.4 Å². The minimum Gasteiger partial charge on any atom is -0.224 e. The lowest BCUT2D eigenvalue weighted by molar-refractivity contribution is 0.496.